The summed E-state index contributed by atoms with van der Waals surface area (Å²) >= 11 is 1.54. The Morgan fingerprint density at radius 2 is 1.15 bits per heavy atom. The lowest BCUT2D eigenvalue weighted by Gasteiger charge is -2.31. The lowest BCUT2D eigenvalue weighted by Crippen LogP contribution is -2.36. The quantitative estimate of drug-likeness (QED) is 0.151. The molecule has 5 rings (SSSR count). The van der Waals surface area contributed by atoms with Crippen molar-refractivity contribution in [2.45, 2.75) is 182 Å². The molecule has 15 nitrogen and oxygen atoms in total. The molecule has 1 aliphatic rings. The van der Waals surface area contributed by atoms with Gasteiger partial charge in [-0.15, -0.1) is 0 Å². The fourth-order valence-corrected chi connectivity index (χ4v) is 5.73. The Morgan fingerprint density at radius 1 is 0.662 bits per heavy atom. The summed E-state index contributed by atoms with van der Waals surface area (Å²) in [7, 11) is 3.28. The fraction of sp³-hybridized carbons (Fsp3) is 0.654. The molecule has 0 atom stereocenters. The van der Waals surface area contributed by atoms with Crippen LogP contribution in [-0.4, -0.2) is 57.8 Å². The van der Waals surface area contributed by atoms with Gasteiger partial charge in [-0.05, 0) is 75.0 Å². The number of amidine groups is 1. The van der Waals surface area contributed by atoms with Crippen molar-refractivity contribution >= 4 is 29.2 Å². The number of aliphatic imine (C=N–C) groups is 1. The summed E-state index contributed by atoms with van der Waals surface area (Å²) in [4.78, 5) is 40.9. The summed E-state index contributed by atoms with van der Waals surface area (Å²) in [5, 5.41) is 18.3. The Labute approximate surface area is 427 Å². The molecule has 19 heteroatoms. The third kappa shape index (κ3) is 28.3. The maximum absolute atomic E-state index is 12.1. The van der Waals surface area contributed by atoms with Crippen molar-refractivity contribution in [1.29, 1.82) is 0 Å². The van der Waals surface area contributed by atoms with Crippen molar-refractivity contribution in [1.82, 2.24) is 36.0 Å². The average Bonchev–Trinajstić information content (AvgIpc) is 4.11. The van der Waals surface area contributed by atoms with E-state index in [0.717, 1.165) is 28.5 Å². The van der Waals surface area contributed by atoms with Gasteiger partial charge in [0.2, 0.25) is 17.7 Å². The molecule has 1 aliphatic heterocycles. The molecule has 0 saturated heterocycles. The predicted octanol–water partition coefficient (Wildman–Crippen LogP) is 13.3. The zero-order chi connectivity index (χ0) is 56.1. The van der Waals surface area contributed by atoms with E-state index in [1.54, 1.807) is 52.7 Å². The zero-order valence-corrected chi connectivity index (χ0v) is 48.1. The summed E-state index contributed by atoms with van der Waals surface area (Å²) in [5.41, 5.74) is 9.26. The lowest BCUT2D eigenvalue weighted by atomic mass is 9.81. The van der Waals surface area contributed by atoms with Crippen molar-refractivity contribution in [2.75, 3.05) is 14.1 Å². The van der Waals surface area contributed by atoms with Crippen molar-refractivity contribution in [2.24, 2.45) is 34.1 Å². The SMILES string of the molecule is C=C1N=C(C(C)C)NO1.CC(C)C(C)(C)C(F)(F)F.CNC(=O)C(C)C.CNC(=O)C(C)C.Cc1cocc(C(C)C)c1=O.Cc1nocc1C(C)C.Cc1nonc1C(C)C.Cc1nscc1C(C)C. The predicted molar refractivity (Wildman–Crippen MR) is 281 cm³/mol. The Hall–Kier alpha value is -5.33. The van der Waals surface area contributed by atoms with Gasteiger partial charge in [-0.2, -0.15) is 22.5 Å². The number of rotatable bonds is 8. The number of carbonyl (C=O) groups excluding carboxylic acids is 2. The molecule has 71 heavy (non-hydrogen) atoms. The van der Waals surface area contributed by atoms with E-state index >= 15 is 0 Å². The minimum atomic E-state index is -4.08. The van der Waals surface area contributed by atoms with Crippen molar-refractivity contribution < 1.29 is 41.2 Å². The van der Waals surface area contributed by atoms with Crippen LogP contribution >= 0.6 is 11.5 Å². The number of aryl methyl sites for hydroxylation is 4. The number of aromatic nitrogens is 4. The maximum atomic E-state index is 12.1. The van der Waals surface area contributed by atoms with Crippen molar-refractivity contribution in [3.8, 4) is 0 Å². The van der Waals surface area contributed by atoms with Gasteiger partial charge in [0.25, 0.3) is 0 Å². The van der Waals surface area contributed by atoms with Crippen molar-refractivity contribution in [3.05, 3.63) is 91.9 Å². The first-order valence-corrected chi connectivity index (χ1v) is 24.7. The number of hydrogen-bond donors (Lipinski definition) is 3. The Balaban J connectivity index is -0.000000747. The van der Waals surface area contributed by atoms with Gasteiger partial charge < -0.3 is 24.4 Å². The third-order valence-corrected chi connectivity index (χ3v) is 11.3. The summed E-state index contributed by atoms with van der Waals surface area (Å²) in [6.07, 6.45) is 0.634. The second-order valence-corrected chi connectivity index (χ2v) is 20.2. The van der Waals surface area contributed by atoms with Crippen LogP contribution in [0.5, 0.6) is 0 Å². The molecule has 5 heterocycles. The standard InChI is InChI=1S/C9H12O2.C7H13F3.C7H11NO.C7H11NS.2C6H10N2O.2C5H11NO/c1-6(2)8-5-11-4-7(3)9(8)10;1-5(2)6(3,4)7(8,9)10;2*1-5(2)7-4-9-8-6(7)3;1-4(2)6-7-5(3)9-8-6;1-4(2)6-5(3)7-9-8-6;2*1-4(2)5(7)6-3/h4-6H,1-3H3;5H,1-4H3;2*4-5H,1-3H3;4H,3H2,1-2H3,(H,7,8);4H,1-3H3;2*4H,1-3H3,(H,6,7). The zero-order valence-electron chi connectivity index (χ0n) is 47.3. The van der Waals surface area contributed by atoms with Crippen LogP contribution in [0.2, 0.25) is 0 Å². The Bertz CT molecular complexity index is 2060. The van der Waals surface area contributed by atoms with E-state index < -0.39 is 11.6 Å². The van der Waals surface area contributed by atoms with Gasteiger partial charge in [-0.3, -0.25) is 14.4 Å². The molecular formula is C52H89F3N8O7S. The molecule has 0 saturated carbocycles. The summed E-state index contributed by atoms with van der Waals surface area (Å²) in [5.74, 6) is 3.54. The summed E-state index contributed by atoms with van der Waals surface area (Å²) < 4.78 is 54.7. The molecule has 4 aromatic heterocycles. The van der Waals surface area contributed by atoms with Gasteiger partial charge in [-0.1, -0.05) is 140 Å². The second-order valence-electron chi connectivity index (χ2n) is 19.6. The van der Waals surface area contributed by atoms with E-state index in [9.17, 15) is 27.6 Å². The molecular weight excluding hydrogens is 938 g/mol. The molecule has 406 valence electrons. The van der Waals surface area contributed by atoms with E-state index in [2.05, 4.69) is 106 Å². The molecule has 0 bridgehead atoms. The van der Waals surface area contributed by atoms with E-state index in [1.165, 1.54) is 43.2 Å². The first-order chi connectivity index (χ1) is 32.5. The molecule has 0 spiro atoms. The number of hydrogen-bond acceptors (Lipinski definition) is 14. The number of carbonyl (C=O) groups is 2. The van der Waals surface area contributed by atoms with Gasteiger partial charge in [0.15, 0.2) is 5.43 Å². The highest BCUT2D eigenvalue weighted by atomic mass is 32.1. The molecule has 3 N–H and O–H groups in total. The van der Waals surface area contributed by atoms with Crippen LogP contribution < -0.4 is 21.5 Å². The minimum Gasteiger partial charge on any atom is -0.472 e. The molecule has 0 aromatic carbocycles. The van der Waals surface area contributed by atoms with Gasteiger partial charge in [0.05, 0.1) is 29.3 Å². The largest absolute Gasteiger partial charge is 0.472 e. The number of amides is 2. The van der Waals surface area contributed by atoms with Crippen LogP contribution in [0.1, 0.15) is 193 Å². The molecule has 0 fully saturated rings. The van der Waals surface area contributed by atoms with Crippen LogP contribution in [0, 0.1) is 56.8 Å². The normalized spacial score (nSPS) is 11.7. The molecule has 0 aliphatic carbocycles. The van der Waals surface area contributed by atoms with Crippen LogP contribution in [0.4, 0.5) is 13.2 Å². The lowest BCUT2D eigenvalue weighted by molar-refractivity contribution is -0.225. The monoisotopic (exact) mass is 1030 g/mol. The van der Waals surface area contributed by atoms with Gasteiger partial charge in [0, 0.05) is 59.8 Å². The number of hydroxylamine groups is 1. The Morgan fingerprint density at radius 3 is 1.34 bits per heavy atom. The number of nitrogens with zero attached hydrogens (tertiary/aromatic N) is 5. The van der Waals surface area contributed by atoms with E-state index in [1.807, 2.05) is 69.2 Å². The minimum absolute atomic E-state index is 0.0972. The highest BCUT2D eigenvalue weighted by Crippen LogP contribution is 2.43. The highest BCUT2D eigenvalue weighted by Gasteiger charge is 2.49. The average molecular weight is 1030 g/mol. The van der Waals surface area contributed by atoms with Gasteiger partial charge >= 0.3 is 6.18 Å². The number of nitrogens with one attached hydrogen (secondary N) is 3. The molecule has 0 unspecified atom stereocenters. The van der Waals surface area contributed by atoms with Crippen LogP contribution in [0.25, 0.3) is 0 Å². The Kier molecular flexibility index (Phi) is 34.4. The molecule has 2 amide bonds. The second kappa shape index (κ2) is 34.9. The molecule has 0 radical (unpaired) electrons. The number of alkyl halides is 3. The topological polar surface area (TPSA) is 200 Å². The molecule has 4 aromatic rings. The maximum Gasteiger partial charge on any atom is 0.394 e. The smallest absolute Gasteiger partial charge is 0.394 e. The van der Waals surface area contributed by atoms with Gasteiger partial charge in [-0.25, -0.2) is 10.1 Å². The van der Waals surface area contributed by atoms with E-state index in [4.69, 9.17) is 13.8 Å². The highest BCUT2D eigenvalue weighted by molar-refractivity contribution is 7.03. The van der Waals surface area contributed by atoms with Crippen molar-refractivity contribution in [3.63, 3.8) is 0 Å². The van der Waals surface area contributed by atoms with Crippen LogP contribution in [-0.2, 0) is 14.4 Å². The summed E-state index contributed by atoms with van der Waals surface area (Å²) in [6.45, 7) is 45.0. The van der Waals surface area contributed by atoms with Crippen LogP contribution in [0.3, 0.4) is 0 Å². The van der Waals surface area contributed by atoms with E-state index in [0.29, 0.717) is 35.1 Å². The number of halogens is 3. The van der Waals surface area contributed by atoms with Gasteiger partial charge in [0.1, 0.15) is 23.5 Å². The van der Waals surface area contributed by atoms with E-state index in [-0.39, 0.29) is 40.9 Å². The first kappa shape index (κ1) is 69.9. The third-order valence-electron chi connectivity index (χ3n) is 10.5. The summed E-state index contributed by atoms with van der Waals surface area (Å²) in [6, 6.07) is 0. The van der Waals surface area contributed by atoms with Crippen LogP contribution in [0.15, 0.2) is 60.0 Å². The first-order valence-electron chi connectivity index (χ1n) is 23.9. The fourth-order valence-electron chi connectivity index (χ4n) is 4.85.